The van der Waals surface area contributed by atoms with Gasteiger partial charge in [0.25, 0.3) is 5.56 Å². The van der Waals surface area contributed by atoms with Crippen LogP contribution in [0, 0.1) is 0 Å². The highest BCUT2D eigenvalue weighted by Crippen LogP contribution is 2.06. The summed E-state index contributed by atoms with van der Waals surface area (Å²) in [5.74, 6) is 1.76. The summed E-state index contributed by atoms with van der Waals surface area (Å²) < 4.78 is 0. The van der Waals surface area contributed by atoms with Gasteiger partial charge in [-0.15, -0.1) is 0 Å². The molecule has 1 heterocycles. The zero-order valence-electron chi connectivity index (χ0n) is 11.3. The number of benzene rings is 1. The van der Waals surface area contributed by atoms with Gasteiger partial charge >= 0.3 is 0 Å². The van der Waals surface area contributed by atoms with E-state index in [-0.39, 0.29) is 5.56 Å². The molecule has 0 aliphatic rings. The molecule has 0 aliphatic heterocycles. The van der Waals surface area contributed by atoms with Crippen LogP contribution in [0.2, 0.25) is 0 Å². The van der Waals surface area contributed by atoms with E-state index in [9.17, 15) is 4.79 Å². The van der Waals surface area contributed by atoms with Gasteiger partial charge in [-0.1, -0.05) is 19.1 Å². The van der Waals surface area contributed by atoms with Crippen molar-refractivity contribution < 1.29 is 0 Å². The van der Waals surface area contributed by atoms with Crippen LogP contribution < -0.4 is 10.9 Å². The van der Waals surface area contributed by atoms with Crippen LogP contribution in [0.5, 0.6) is 0 Å². The number of para-hydroxylation sites is 1. The Morgan fingerprint density at radius 1 is 1.42 bits per heavy atom. The summed E-state index contributed by atoms with van der Waals surface area (Å²) in [5.41, 5.74) is 0.682. The maximum Gasteiger partial charge on any atom is 0.258 e. The van der Waals surface area contributed by atoms with Crippen molar-refractivity contribution in [2.24, 2.45) is 0 Å². The fourth-order valence-electron chi connectivity index (χ4n) is 1.98. The third-order valence-corrected chi connectivity index (χ3v) is 3.82. The predicted octanol–water partition coefficient (Wildman–Crippen LogP) is 2.15. The van der Waals surface area contributed by atoms with Crippen molar-refractivity contribution in [2.45, 2.75) is 25.9 Å². The fourth-order valence-corrected chi connectivity index (χ4v) is 2.74. The van der Waals surface area contributed by atoms with Crippen molar-refractivity contribution in [1.82, 2.24) is 15.3 Å². The minimum absolute atomic E-state index is 0.0692. The molecule has 0 fully saturated rings. The summed E-state index contributed by atoms with van der Waals surface area (Å²) in [6.45, 7) is 2.75. The van der Waals surface area contributed by atoms with Crippen molar-refractivity contribution in [3.63, 3.8) is 0 Å². The van der Waals surface area contributed by atoms with E-state index < -0.39 is 0 Å². The molecular weight excluding hydrogens is 258 g/mol. The second kappa shape index (κ2) is 6.73. The van der Waals surface area contributed by atoms with E-state index in [0.29, 0.717) is 23.8 Å². The summed E-state index contributed by atoms with van der Waals surface area (Å²) in [4.78, 5) is 19.2. The van der Waals surface area contributed by atoms with Crippen LogP contribution in [0.25, 0.3) is 10.9 Å². The molecule has 0 aliphatic carbocycles. The first-order chi connectivity index (χ1) is 9.24. The average Bonchev–Trinajstić information content (AvgIpc) is 2.43. The molecule has 0 radical (unpaired) electrons. The van der Waals surface area contributed by atoms with Gasteiger partial charge in [0.15, 0.2) is 0 Å². The summed E-state index contributed by atoms with van der Waals surface area (Å²) in [6.07, 6.45) is 3.17. The number of aromatic amines is 1. The zero-order valence-corrected chi connectivity index (χ0v) is 12.1. The molecule has 2 N–H and O–H groups in total. The number of nitrogens with one attached hydrogen (secondary N) is 2. The molecule has 0 saturated heterocycles. The van der Waals surface area contributed by atoms with E-state index in [4.69, 9.17) is 0 Å². The second-order valence-electron chi connectivity index (χ2n) is 4.47. The molecular formula is C14H19N3OS. The molecule has 1 atom stereocenters. The lowest BCUT2D eigenvalue weighted by Crippen LogP contribution is -2.31. The monoisotopic (exact) mass is 277 g/mol. The smallest absolute Gasteiger partial charge is 0.258 e. The van der Waals surface area contributed by atoms with Gasteiger partial charge in [-0.25, -0.2) is 4.98 Å². The van der Waals surface area contributed by atoms with Crippen molar-refractivity contribution in [2.75, 3.05) is 12.0 Å². The summed E-state index contributed by atoms with van der Waals surface area (Å²) >= 11 is 1.82. The lowest BCUT2D eigenvalue weighted by Gasteiger charge is -2.15. The largest absolute Gasteiger partial charge is 0.309 e. The molecule has 19 heavy (non-hydrogen) atoms. The molecule has 1 unspecified atom stereocenters. The molecule has 0 amide bonds. The Morgan fingerprint density at radius 2 is 2.21 bits per heavy atom. The lowest BCUT2D eigenvalue weighted by atomic mass is 10.2. The van der Waals surface area contributed by atoms with Crippen molar-refractivity contribution in [3.8, 4) is 0 Å². The van der Waals surface area contributed by atoms with Gasteiger partial charge in [-0.3, -0.25) is 4.79 Å². The third-order valence-electron chi connectivity index (χ3n) is 3.08. The molecule has 1 aromatic carbocycles. The highest BCUT2D eigenvalue weighted by molar-refractivity contribution is 7.98. The Balaban J connectivity index is 2.15. The van der Waals surface area contributed by atoms with E-state index in [1.807, 2.05) is 30.0 Å². The maximum atomic E-state index is 11.9. The van der Waals surface area contributed by atoms with E-state index in [1.54, 1.807) is 6.07 Å². The molecule has 1 aromatic heterocycles. The lowest BCUT2D eigenvalue weighted by molar-refractivity contribution is 0.530. The van der Waals surface area contributed by atoms with E-state index in [0.717, 1.165) is 17.7 Å². The first kappa shape index (κ1) is 14.1. The number of nitrogens with zero attached hydrogens (tertiary/aromatic N) is 1. The Kier molecular flexibility index (Phi) is 4.99. The number of aromatic nitrogens is 2. The molecule has 4 nitrogen and oxygen atoms in total. The van der Waals surface area contributed by atoms with Gasteiger partial charge < -0.3 is 10.3 Å². The second-order valence-corrected chi connectivity index (χ2v) is 5.38. The summed E-state index contributed by atoms with van der Waals surface area (Å²) in [5, 5.41) is 4.07. The zero-order chi connectivity index (χ0) is 13.7. The van der Waals surface area contributed by atoms with Gasteiger partial charge in [-0.05, 0) is 24.8 Å². The number of fused-ring (bicyclic) bond motifs is 1. The Bertz CT molecular complexity index is 597. The number of H-pyrrole nitrogens is 1. The quantitative estimate of drug-likeness (QED) is 0.849. The van der Waals surface area contributed by atoms with Crippen LogP contribution in [-0.2, 0) is 6.54 Å². The Hall–Kier alpha value is -1.33. The van der Waals surface area contributed by atoms with Crippen LogP contribution in [0.4, 0.5) is 0 Å². The van der Waals surface area contributed by atoms with E-state index >= 15 is 0 Å². The van der Waals surface area contributed by atoms with Gasteiger partial charge in [0.05, 0.1) is 17.4 Å². The van der Waals surface area contributed by atoms with Crippen LogP contribution in [0.1, 0.15) is 19.2 Å². The average molecular weight is 277 g/mol. The van der Waals surface area contributed by atoms with Crippen molar-refractivity contribution in [3.05, 3.63) is 40.4 Å². The van der Waals surface area contributed by atoms with Crippen LogP contribution in [0.15, 0.2) is 29.1 Å². The van der Waals surface area contributed by atoms with Crippen LogP contribution in [-0.4, -0.2) is 28.0 Å². The first-order valence-electron chi connectivity index (χ1n) is 6.44. The van der Waals surface area contributed by atoms with Crippen molar-refractivity contribution in [1.29, 1.82) is 0 Å². The first-order valence-corrected chi connectivity index (χ1v) is 7.84. The number of thioether (sulfide) groups is 1. The SMILES string of the molecule is CCC(CSC)NCc1nc2ccccc2c(=O)[nH]1. The minimum atomic E-state index is -0.0692. The number of hydrogen-bond acceptors (Lipinski definition) is 4. The molecule has 0 spiro atoms. The predicted molar refractivity (Wildman–Crippen MR) is 81.7 cm³/mol. The highest BCUT2D eigenvalue weighted by atomic mass is 32.2. The third kappa shape index (κ3) is 3.58. The van der Waals surface area contributed by atoms with E-state index in [1.165, 1.54) is 0 Å². The standard InChI is InChI=1S/C14H19N3OS/c1-3-10(9-19-2)15-8-13-16-12-7-5-4-6-11(12)14(18)17-13/h4-7,10,15H,3,8-9H2,1-2H3,(H,16,17,18). The van der Waals surface area contributed by atoms with Gasteiger partial charge in [0.1, 0.15) is 5.82 Å². The van der Waals surface area contributed by atoms with E-state index in [2.05, 4.69) is 28.5 Å². The minimum Gasteiger partial charge on any atom is -0.309 e. The molecule has 102 valence electrons. The van der Waals surface area contributed by atoms with Crippen LogP contribution in [0.3, 0.4) is 0 Å². The van der Waals surface area contributed by atoms with Crippen LogP contribution >= 0.6 is 11.8 Å². The maximum absolute atomic E-state index is 11.9. The van der Waals surface area contributed by atoms with Gasteiger partial charge in [-0.2, -0.15) is 11.8 Å². The summed E-state index contributed by atoms with van der Waals surface area (Å²) in [7, 11) is 0. The number of hydrogen-bond donors (Lipinski definition) is 2. The van der Waals surface area contributed by atoms with Crippen molar-refractivity contribution >= 4 is 22.7 Å². The Labute approximate surface area is 117 Å². The summed E-state index contributed by atoms with van der Waals surface area (Å²) in [6, 6.07) is 7.86. The molecule has 2 rings (SSSR count). The topological polar surface area (TPSA) is 57.8 Å². The Morgan fingerprint density at radius 3 is 2.95 bits per heavy atom. The molecule has 2 aromatic rings. The fraction of sp³-hybridized carbons (Fsp3) is 0.429. The van der Waals surface area contributed by atoms with Gasteiger partial charge in [0.2, 0.25) is 0 Å². The normalized spacial score (nSPS) is 12.7. The molecule has 0 bridgehead atoms. The number of rotatable bonds is 6. The molecule has 5 heteroatoms. The molecule has 0 saturated carbocycles. The highest BCUT2D eigenvalue weighted by Gasteiger charge is 2.07. The van der Waals surface area contributed by atoms with Gasteiger partial charge in [0, 0.05) is 11.8 Å².